The molecule has 1 aromatic carbocycles. The summed E-state index contributed by atoms with van der Waals surface area (Å²) in [5.74, 6) is 0.222. The van der Waals surface area contributed by atoms with Crippen molar-refractivity contribution in [2.45, 2.75) is 17.2 Å². The normalized spacial score (nSPS) is 19.4. The van der Waals surface area contributed by atoms with Gasteiger partial charge in [-0.25, -0.2) is 13.4 Å². The number of aromatic nitrogens is 2. The Morgan fingerprint density at radius 1 is 1.19 bits per heavy atom. The van der Waals surface area contributed by atoms with Gasteiger partial charge in [-0.2, -0.15) is 17.5 Å². The van der Waals surface area contributed by atoms with Crippen molar-refractivity contribution in [1.82, 2.24) is 14.3 Å². The molecule has 0 aliphatic carbocycles. The Kier molecular flexibility index (Phi) is 5.63. The van der Waals surface area contributed by atoms with E-state index in [-0.39, 0.29) is 37.1 Å². The lowest BCUT2D eigenvalue weighted by molar-refractivity contribution is -0.137. The fourth-order valence-electron chi connectivity index (χ4n) is 2.52. The van der Waals surface area contributed by atoms with Crippen molar-refractivity contribution in [1.29, 1.82) is 0 Å². The maximum absolute atomic E-state index is 12.8. The van der Waals surface area contributed by atoms with Gasteiger partial charge in [-0.3, -0.25) is 4.98 Å². The van der Waals surface area contributed by atoms with E-state index in [4.69, 9.17) is 9.47 Å². The smallest absolute Gasteiger partial charge is 0.416 e. The quantitative estimate of drug-likeness (QED) is 0.776. The van der Waals surface area contributed by atoms with Gasteiger partial charge in [0.1, 0.15) is 6.10 Å². The zero-order chi connectivity index (χ0) is 19.5. The third-order valence-electron chi connectivity index (χ3n) is 3.84. The van der Waals surface area contributed by atoms with Crippen LogP contribution in [0.5, 0.6) is 5.88 Å². The van der Waals surface area contributed by atoms with Crippen molar-refractivity contribution in [2.75, 3.05) is 26.3 Å². The standard InChI is InChI=1S/C16H16F3N3O4S/c17-16(18,19)12-1-3-14(4-2-12)27(23,24)22-7-8-25-11-13(10-22)26-15-9-20-5-6-21-15/h1-6,9,13H,7-8,10-11H2/t13-/m1/s1. The van der Waals surface area contributed by atoms with E-state index in [0.29, 0.717) is 0 Å². The molecular weight excluding hydrogens is 387 g/mol. The van der Waals surface area contributed by atoms with Crippen LogP contribution in [0.4, 0.5) is 13.2 Å². The zero-order valence-electron chi connectivity index (χ0n) is 14.0. The number of ether oxygens (including phenoxy) is 2. The highest BCUT2D eigenvalue weighted by Gasteiger charge is 2.33. The molecule has 1 fully saturated rings. The van der Waals surface area contributed by atoms with E-state index in [2.05, 4.69) is 9.97 Å². The largest absolute Gasteiger partial charge is 0.469 e. The van der Waals surface area contributed by atoms with Crippen molar-refractivity contribution in [3.05, 3.63) is 48.4 Å². The highest BCUT2D eigenvalue weighted by Crippen LogP contribution is 2.30. The molecule has 0 amide bonds. The molecule has 146 valence electrons. The third kappa shape index (κ3) is 4.73. The van der Waals surface area contributed by atoms with Crippen molar-refractivity contribution in [2.24, 2.45) is 0 Å². The van der Waals surface area contributed by atoms with Gasteiger partial charge in [0.05, 0.1) is 36.4 Å². The molecule has 1 aromatic heterocycles. The maximum atomic E-state index is 12.8. The summed E-state index contributed by atoms with van der Waals surface area (Å²) in [6, 6.07) is 3.38. The van der Waals surface area contributed by atoms with Gasteiger partial charge in [-0.1, -0.05) is 0 Å². The summed E-state index contributed by atoms with van der Waals surface area (Å²) in [5, 5.41) is 0. The average molecular weight is 403 g/mol. The first-order chi connectivity index (χ1) is 12.8. The maximum Gasteiger partial charge on any atom is 0.416 e. The predicted octanol–water partition coefficient (Wildman–Crippen LogP) is 1.96. The number of nitrogens with zero attached hydrogens (tertiary/aromatic N) is 3. The van der Waals surface area contributed by atoms with Gasteiger partial charge >= 0.3 is 6.18 Å². The first kappa shape index (κ1) is 19.5. The molecule has 2 heterocycles. The summed E-state index contributed by atoms with van der Waals surface area (Å²) in [6.45, 7) is 0.319. The van der Waals surface area contributed by atoms with Gasteiger partial charge in [0.25, 0.3) is 0 Å². The van der Waals surface area contributed by atoms with E-state index in [1.165, 1.54) is 18.6 Å². The minimum Gasteiger partial charge on any atom is -0.469 e. The van der Waals surface area contributed by atoms with Crippen molar-refractivity contribution >= 4 is 10.0 Å². The molecule has 27 heavy (non-hydrogen) atoms. The van der Waals surface area contributed by atoms with Crippen LogP contribution < -0.4 is 4.74 Å². The summed E-state index contributed by atoms with van der Waals surface area (Å²) in [7, 11) is -4.00. The minimum atomic E-state index is -4.53. The number of sulfonamides is 1. The topological polar surface area (TPSA) is 81.6 Å². The molecule has 1 saturated heterocycles. The molecule has 2 aromatic rings. The van der Waals surface area contributed by atoms with Gasteiger partial charge in [-0.05, 0) is 24.3 Å². The van der Waals surface area contributed by atoms with Crippen molar-refractivity contribution in [3.8, 4) is 5.88 Å². The molecule has 0 saturated carbocycles. The van der Waals surface area contributed by atoms with Gasteiger partial charge < -0.3 is 9.47 Å². The second-order valence-corrected chi connectivity index (χ2v) is 7.68. The minimum absolute atomic E-state index is 0.0278. The average Bonchev–Trinajstić information content (AvgIpc) is 2.88. The van der Waals surface area contributed by atoms with Crippen LogP contribution in [0, 0.1) is 0 Å². The second-order valence-electron chi connectivity index (χ2n) is 5.74. The second kappa shape index (κ2) is 7.79. The molecule has 1 aliphatic rings. The molecule has 0 N–H and O–H groups in total. The Morgan fingerprint density at radius 2 is 1.93 bits per heavy atom. The highest BCUT2D eigenvalue weighted by molar-refractivity contribution is 7.89. The number of alkyl halides is 3. The van der Waals surface area contributed by atoms with Crippen LogP contribution in [0.25, 0.3) is 0 Å². The molecule has 1 aliphatic heterocycles. The van der Waals surface area contributed by atoms with E-state index in [0.717, 1.165) is 28.6 Å². The third-order valence-corrected chi connectivity index (χ3v) is 5.72. The molecule has 0 radical (unpaired) electrons. The number of benzene rings is 1. The summed E-state index contributed by atoms with van der Waals surface area (Å²) >= 11 is 0. The van der Waals surface area contributed by atoms with Crippen LogP contribution >= 0.6 is 0 Å². The molecule has 7 nitrogen and oxygen atoms in total. The van der Waals surface area contributed by atoms with Crippen molar-refractivity contribution < 1.29 is 31.1 Å². The molecule has 0 bridgehead atoms. The summed E-state index contributed by atoms with van der Waals surface area (Å²) in [5.41, 5.74) is -0.912. The lowest BCUT2D eigenvalue weighted by Crippen LogP contribution is -2.40. The fourth-order valence-corrected chi connectivity index (χ4v) is 3.98. The van der Waals surface area contributed by atoms with Crippen LogP contribution in [0.1, 0.15) is 5.56 Å². The Labute approximate surface area is 153 Å². The van der Waals surface area contributed by atoms with E-state index in [1.807, 2.05) is 0 Å². The summed E-state index contributed by atoms with van der Waals surface area (Å²) in [4.78, 5) is 7.61. The van der Waals surface area contributed by atoms with Crippen LogP contribution in [0.3, 0.4) is 0 Å². The first-order valence-corrected chi connectivity index (χ1v) is 9.38. The van der Waals surface area contributed by atoms with Crippen LogP contribution in [-0.4, -0.2) is 55.1 Å². The zero-order valence-corrected chi connectivity index (χ0v) is 14.8. The molecule has 1 atom stereocenters. The molecule has 0 spiro atoms. The number of hydrogen-bond donors (Lipinski definition) is 0. The molecule has 3 rings (SSSR count). The van der Waals surface area contributed by atoms with Gasteiger partial charge in [0, 0.05) is 18.9 Å². The number of halogens is 3. The number of hydrogen-bond acceptors (Lipinski definition) is 6. The lowest BCUT2D eigenvalue weighted by atomic mass is 10.2. The Bertz CT molecular complexity index is 861. The molecule has 11 heteroatoms. The highest BCUT2D eigenvalue weighted by atomic mass is 32.2. The van der Waals surface area contributed by atoms with Crippen LogP contribution in [0.15, 0.2) is 47.8 Å². The van der Waals surface area contributed by atoms with Gasteiger partial charge in [0.2, 0.25) is 15.9 Å². The van der Waals surface area contributed by atoms with E-state index >= 15 is 0 Å². The summed E-state index contributed by atoms with van der Waals surface area (Å²) < 4.78 is 75.8. The monoisotopic (exact) mass is 403 g/mol. The van der Waals surface area contributed by atoms with E-state index < -0.39 is 27.9 Å². The first-order valence-electron chi connectivity index (χ1n) is 7.94. The Morgan fingerprint density at radius 3 is 2.56 bits per heavy atom. The van der Waals surface area contributed by atoms with Crippen molar-refractivity contribution in [3.63, 3.8) is 0 Å². The van der Waals surface area contributed by atoms with E-state index in [9.17, 15) is 21.6 Å². The lowest BCUT2D eigenvalue weighted by Gasteiger charge is -2.23. The Balaban J connectivity index is 1.78. The number of rotatable bonds is 4. The van der Waals surface area contributed by atoms with Gasteiger partial charge in [-0.15, -0.1) is 0 Å². The fraction of sp³-hybridized carbons (Fsp3) is 0.375. The SMILES string of the molecule is O=S(=O)(c1ccc(C(F)(F)F)cc1)N1CCOC[C@H](Oc2cnccn2)C1. The van der Waals surface area contributed by atoms with Gasteiger partial charge in [0.15, 0.2) is 0 Å². The van der Waals surface area contributed by atoms with E-state index in [1.54, 1.807) is 0 Å². The Hall–Kier alpha value is -2.24. The molecular formula is C16H16F3N3O4S. The van der Waals surface area contributed by atoms with Crippen LogP contribution in [-0.2, 0) is 20.9 Å². The predicted molar refractivity (Wildman–Crippen MR) is 87.5 cm³/mol. The molecule has 0 unspecified atom stereocenters. The van der Waals surface area contributed by atoms with Crippen LogP contribution in [0.2, 0.25) is 0 Å². The summed E-state index contributed by atoms with van der Waals surface area (Å²) in [6.07, 6.45) is -0.872.